The first kappa shape index (κ1) is 15.8. The van der Waals surface area contributed by atoms with Crippen molar-refractivity contribution in [1.82, 2.24) is 20.1 Å². The quantitative estimate of drug-likeness (QED) is 0.759. The number of hydrogen-bond donors (Lipinski definition) is 1. The molecule has 0 aromatic carbocycles. The standard InChI is InChI=1S/C16H26N4O/c1-5-13-10-14(20(6-2)19-13)15-11-18-16(21-15)8-7-9-17-12(3)4/h10-12,17H,5-9H2,1-4H3. The van der Waals surface area contributed by atoms with Crippen molar-refractivity contribution < 1.29 is 4.42 Å². The molecule has 0 saturated carbocycles. The van der Waals surface area contributed by atoms with Crippen LogP contribution in [0.25, 0.3) is 11.5 Å². The minimum absolute atomic E-state index is 0.525. The lowest BCUT2D eigenvalue weighted by atomic mass is 10.3. The van der Waals surface area contributed by atoms with E-state index in [0.29, 0.717) is 6.04 Å². The molecule has 0 spiro atoms. The van der Waals surface area contributed by atoms with Crippen LogP contribution < -0.4 is 5.32 Å². The van der Waals surface area contributed by atoms with Gasteiger partial charge >= 0.3 is 0 Å². The summed E-state index contributed by atoms with van der Waals surface area (Å²) in [6.45, 7) is 10.3. The molecule has 0 bridgehead atoms. The zero-order valence-corrected chi connectivity index (χ0v) is 13.5. The number of oxazole rings is 1. The summed E-state index contributed by atoms with van der Waals surface area (Å²) in [5.41, 5.74) is 2.11. The lowest BCUT2D eigenvalue weighted by Crippen LogP contribution is -2.23. The van der Waals surface area contributed by atoms with Gasteiger partial charge < -0.3 is 9.73 Å². The van der Waals surface area contributed by atoms with Crippen molar-refractivity contribution >= 4 is 0 Å². The third-order valence-corrected chi connectivity index (χ3v) is 3.42. The molecule has 0 aliphatic carbocycles. The SMILES string of the molecule is CCc1cc(-c2cnc(CCCNC(C)C)o2)n(CC)n1. The Hall–Kier alpha value is -1.62. The number of rotatable bonds is 8. The lowest BCUT2D eigenvalue weighted by molar-refractivity contribution is 0.480. The van der Waals surface area contributed by atoms with Crippen molar-refractivity contribution in [2.45, 2.75) is 59.5 Å². The zero-order valence-electron chi connectivity index (χ0n) is 13.5. The second-order valence-electron chi connectivity index (χ2n) is 5.52. The van der Waals surface area contributed by atoms with Crippen LogP contribution in [0.15, 0.2) is 16.7 Å². The van der Waals surface area contributed by atoms with Crippen LogP contribution in [0.3, 0.4) is 0 Å². The average molecular weight is 290 g/mol. The van der Waals surface area contributed by atoms with Crippen LogP contribution in [0.1, 0.15) is 45.7 Å². The van der Waals surface area contributed by atoms with Gasteiger partial charge in [0.1, 0.15) is 5.69 Å². The molecule has 0 aliphatic rings. The summed E-state index contributed by atoms with van der Waals surface area (Å²) >= 11 is 0. The average Bonchev–Trinajstić information content (AvgIpc) is 3.09. The molecule has 0 amide bonds. The second kappa shape index (κ2) is 7.41. The minimum atomic E-state index is 0.525. The van der Waals surface area contributed by atoms with Gasteiger partial charge in [0.15, 0.2) is 11.7 Å². The number of aromatic nitrogens is 3. The highest BCUT2D eigenvalue weighted by Crippen LogP contribution is 2.22. The molecular weight excluding hydrogens is 264 g/mol. The van der Waals surface area contributed by atoms with Crippen LogP contribution >= 0.6 is 0 Å². The van der Waals surface area contributed by atoms with Gasteiger partial charge in [-0.3, -0.25) is 4.68 Å². The Labute approximate surface area is 126 Å². The number of hydrogen-bond acceptors (Lipinski definition) is 4. The molecule has 2 heterocycles. The fraction of sp³-hybridized carbons (Fsp3) is 0.625. The van der Waals surface area contributed by atoms with E-state index in [1.807, 2.05) is 10.9 Å². The first-order valence-electron chi connectivity index (χ1n) is 7.89. The van der Waals surface area contributed by atoms with Gasteiger partial charge in [-0.05, 0) is 32.4 Å². The third-order valence-electron chi connectivity index (χ3n) is 3.42. The summed E-state index contributed by atoms with van der Waals surface area (Å²) in [6, 6.07) is 2.62. The Bertz CT molecular complexity index is 556. The maximum absolute atomic E-state index is 5.88. The fourth-order valence-corrected chi connectivity index (χ4v) is 2.26. The van der Waals surface area contributed by atoms with Crippen LogP contribution in [-0.2, 0) is 19.4 Å². The van der Waals surface area contributed by atoms with E-state index >= 15 is 0 Å². The molecule has 0 atom stereocenters. The molecule has 0 aliphatic heterocycles. The normalized spacial score (nSPS) is 11.5. The Morgan fingerprint density at radius 2 is 2.14 bits per heavy atom. The van der Waals surface area contributed by atoms with Gasteiger partial charge in [-0.25, -0.2) is 4.98 Å². The summed E-state index contributed by atoms with van der Waals surface area (Å²) < 4.78 is 7.85. The van der Waals surface area contributed by atoms with Gasteiger partial charge in [-0.15, -0.1) is 0 Å². The van der Waals surface area contributed by atoms with Gasteiger partial charge in [0.2, 0.25) is 0 Å². The van der Waals surface area contributed by atoms with Crippen LogP contribution in [-0.4, -0.2) is 27.4 Å². The predicted molar refractivity (Wildman–Crippen MR) is 84.2 cm³/mol. The van der Waals surface area contributed by atoms with Crippen LogP contribution in [0, 0.1) is 0 Å². The maximum Gasteiger partial charge on any atom is 0.195 e. The van der Waals surface area contributed by atoms with Crippen molar-refractivity contribution in [2.75, 3.05) is 6.54 Å². The summed E-state index contributed by atoms with van der Waals surface area (Å²) in [5, 5.41) is 7.95. The number of nitrogens with zero attached hydrogens (tertiary/aromatic N) is 3. The molecule has 0 unspecified atom stereocenters. The van der Waals surface area contributed by atoms with Crippen molar-refractivity contribution in [3.63, 3.8) is 0 Å². The largest absolute Gasteiger partial charge is 0.439 e. The third kappa shape index (κ3) is 4.17. The Morgan fingerprint density at radius 1 is 1.33 bits per heavy atom. The molecule has 5 heteroatoms. The van der Waals surface area contributed by atoms with E-state index in [-0.39, 0.29) is 0 Å². The van der Waals surface area contributed by atoms with E-state index in [1.54, 1.807) is 0 Å². The first-order chi connectivity index (χ1) is 10.1. The number of aryl methyl sites for hydroxylation is 3. The Morgan fingerprint density at radius 3 is 2.81 bits per heavy atom. The van der Waals surface area contributed by atoms with Crippen molar-refractivity contribution in [3.8, 4) is 11.5 Å². The highest BCUT2D eigenvalue weighted by molar-refractivity contribution is 5.52. The van der Waals surface area contributed by atoms with E-state index in [9.17, 15) is 0 Å². The van der Waals surface area contributed by atoms with Crippen molar-refractivity contribution in [3.05, 3.63) is 23.8 Å². The molecule has 1 N–H and O–H groups in total. The topological polar surface area (TPSA) is 55.9 Å². The van der Waals surface area contributed by atoms with E-state index in [4.69, 9.17) is 4.42 Å². The monoisotopic (exact) mass is 290 g/mol. The van der Waals surface area contributed by atoms with Gasteiger partial charge in [0.05, 0.1) is 11.9 Å². The smallest absolute Gasteiger partial charge is 0.195 e. The van der Waals surface area contributed by atoms with E-state index in [2.05, 4.69) is 49.2 Å². The summed E-state index contributed by atoms with van der Waals surface area (Å²) in [5.74, 6) is 1.62. The minimum Gasteiger partial charge on any atom is -0.439 e. The molecule has 2 rings (SSSR count). The summed E-state index contributed by atoms with van der Waals surface area (Å²) in [6.07, 6.45) is 4.64. The molecule has 2 aromatic heterocycles. The van der Waals surface area contributed by atoms with E-state index < -0.39 is 0 Å². The lowest BCUT2D eigenvalue weighted by Gasteiger charge is -2.06. The second-order valence-corrected chi connectivity index (χ2v) is 5.52. The molecule has 0 saturated heterocycles. The van der Waals surface area contributed by atoms with Crippen LogP contribution in [0.2, 0.25) is 0 Å². The first-order valence-corrected chi connectivity index (χ1v) is 7.89. The highest BCUT2D eigenvalue weighted by Gasteiger charge is 2.13. The Balaban J connectivity index is 2.00. The van der Waals surface area contributed by atoms with E-state index in [1.165, 1.54) is 0 Å². The van der Waals surface area contributed by atoms with Crippen LogP contribution in [0.4, 0.5) is 0 Å². The molecule has 2 aromatic rings. The fourth-order valence-electron chi connectivity index (χ4n) is 2.26. The Kier molecular flexibility index (Phi) is 5.56. The summed E-state index contributed by atoms with van der Waals surface area (Å²) in [7, 11) is 0. The van der Waals surface area contributed by atoms with Crippen molar-refractivity contribution in [1.29, 1.82) is 0 Å². The molecule has 0 radical (unpaired) electrons. The van der Waals surface area contributed by atoms with Gasteiger partial charge in [0, 0.05) is 19.0 Å². The van der Waals surface area contributed by atoms with Crippen molar-refractivity contribution in [2.24, 2.45) is 0 Å². The molecular formula is C16H26N4O. The highest BCUT2D eigenvalue weighted by atomic mass is 16.4. The van der Waals surface area contributed by atoms with Crippen LogP contribution in [0.5, 0.6) is 0 Å². The van der Waals surface area contributed by atoms with E-state index in [0.717, 1.165) is 55.4 Å². The van der Waals surface area contributed by atoms with Gasteiger partial charge in [-0.1, -0.05) is 20.8 Å². The maximum atomic E-state index is 5.88. The van der Waals surface area contributed by atoms with Gasteiger partial charge in [0.25, 0.3) is 0 Å². The molecule has 21 heavy (non-hydrogen) atoms. The summed E-state index contributed by atoms with van der Waals surface area (Å²) in [4.78, 5) is 4.38. The molecule has 0 fully saturated rings. The zero-order chi connectivity index (χ0) is 15.2. The molecule has 116 valence electrons. The predicted octanol–water partition coefficient (Wildman–Crippen LogP) is 3.05. The molecule has 5 nitrogen and oxygen atoms in total. The van der Waals surface area contributed by atoms with Gasteiger partial charge in [-0.2, -0.15) is 5.10 Å². The number of nitrogens with one attached hydrogen (secondary N) is 1.